The second kappa shape index (κ2) is 6.25. The molecule has 0 aliphatic heterocycles. The number of hydrogen-bond donors (Lipinski definition) is 1. The molecule has 0 aliphatic rings. The van der Waals surface area contributed by atoms with Gasteiger partial charge >= 0.3 is 0 Å². The summed E-state index contributed by atoms with van der Waals surface area (Å²) < 4.78 is 18.6. The van der Waals surface area contributed by atoms with Crippen LogP contribution < -0.4 is 5.32 Å². The van der Waals surface area contributed by atoms with Crippen LogP contribution in [-0.2, 0) is 6.42 Å². The van der Waals surface area contributed by atoms with Crippen molar-refractivity contribution in [2.24, 2.45) is 0 Å². The summed E-state index contributed by atoms with van der Waals surface area (Å²) in [4.78, 5) is 4.13. The molecule has 2 aromatic rings. The van der Waals surface area contributed by atoms with Crippen molar-refractivity contribution < 1.29 is 8.91 Å². The average molecular weight is 328 g/mol. The SMILES string of the molecule is Cc1noc(CCNC(C)c2ccc(F)c(Br)c2)n1. The third-order valence-corrected chi connectivity index (χ3v) is 3.41. The van der Waals surface area contributed by atoms with Gasteiger partial charge in [0, 0.05) is 19.0 Å². The van der Waals surface area contributed by atoms with E-state index >= 15 is 0 Å². The molecule has 0 saturated carbocycles. The molecule has 1 N–H and O–H groups in total. The van der Waals surface area contributed by atoms with E-state index in [-0.39, 0.29) is 11.9 Å². The fraction of sp³-hybridized carbons (Fsp3) is 0.385. The largest absolute Gasteiger partial charge is 0.339 e. The molecule has 6 heteroatoms. The minimum absolute atomic E-state index is 0.126. The lowest BCUT2D eigenvalue weighted by Crippen LogP contribution is -2.21. The van der Waals surface area contributed by atoms with Crippen LogP contribution in [0.4, 0.5) is 4.39 Å². The molecule has 0 amide bonds. The number of aromatic nitrogens is 2. The first-order valence-electron chi connectivity index (χ1n) is 6.04. The molecule has 19 heavy (non-hydrogen) atoms. The monoisotopic (exact) mass is 327 g/mol. The Balaban J connectivity index is 1.86. The van der Waals surface area contributed by atoms with Crippen LogP contribution in [0.15, 0.2) is 27.2 Å². The number of aryl methyl sites for hydroxylation is 1. The summed E-state index contributed by atoms with van der Waals surface area (Å²) in [5.41, 5.74) is 1.02. The zero-order valence-corrected chi connectivity index (χ0v) is 12.4. The third-order valence-electron chi connectivity index (χ3n) is 2.80. The van der Waals surface area contributed by atoms with Gasteiger partial charge in [0.1, 0.15) is 5.82 Å². The maximum absolute atomic E-state index is 13.1. The summed E-state index contributed by atoms with van der Waals surface area (Å²) in [6, 6.07) is 5.14. The lowest BCUT2D eigenvalue weighted by atomic mass is 10.1. The van der Waals surface area contributed by atoms with E-state index in [9.17, 15) is 4.39 Å². The van der Waals surface area contributed by atoms with E-state index in [0.29, 0.717) is 22.6 Å². The van der Waals surface area contributed by atoms with Gasteiger partial charge < -0.3 is 9.84 Å². The number of rotatable bonds is 5. The molecular weight excluding hydrogens is 313 g/mol. The van der Waals surface area contributed by atoms with Gasteiger partial charge in [-0.15, -0.1) is 0 Å². The highest BCUT2D eigenvalue weighted by atomic mass is 79.9. The fourth-order valence-corrected chi connectivity index (χ4v) is 2.13. The molecule has 0 radical (unpaired) electrons. The predicted octanol–water partition coefficient (Wildman–Crippen LogP) is 3.17. The molecule has 0 aliphatic carbocycles. The predicted molar refractivity (Wildman–Crippen MR) is 73.3 cm³/mol. The smallest absolute Gasteiger partial charge is 0.227 e. The summed E-state index contributed by atoms with van der Waals surface area (Å²) in [6.45, 7) is 4.54. The molecule has 2 rings (SSSR count). The van der Waals surface area contributed by atoms with Crippen LogP contribution >= 0.6 is 15.9 Å². The summed E-state index contributed by atoms with van der Waals surface area (Å²) >= 11 is 3.19. The normalized spacial score (nSPS) is 12.6. The molecule has 1 unspecified atom stereocenters. The Morgan fingerprint density at radius 2 is 2.26 bits per heavy atom. The van der Waals surface area contributed by atoms with Gasteiger partial charge in [-0.3, -0.25) is 0 Å². The molecule has 1 aromatic carbocycles. The maximum atomic E-state index is 13.1. The summed E-state index contributed by atoms with van der Waals surface area (Å²) in [7, 11) is 0. The molecular formula is C13H15BrFN3O. The van der Waals surface area contributed by atoms with Crippen LogP contribution in [0, 0.1) is 12.7 Å². The van der Waals surface area contributed by atoms with Gasteiger partial charge in [0.25, 0.3) is 0 Å². The number of benzene rings is 1. The van der Waals surface area contributed by atoms with Gasteiger partial charge in [-0.1, -0.05) is 11.2 Å². The highest BCUT2D eigenvalue weighted by Gasteiger charge is 2.08. The van der Waals surface area contributed by atoms with Gasteiger partial charge in [0.15, 0.2) is 5.82 Å². The van der Waals surface area contributed by atoms with E-state index in [0.717, 1.165) is 12.1 Å². The lowest BCUT2D eigenvalue weighted by molar-refractivity contribution is 0.370. The minimum Gasteiger partial charge on any atom is -0.339 e. The lowest BCUT2D eigenvalue weighted by Gasteiger charge is -2.14. The number of hydrogen-bond acceptors (Lipinski definition) is 4. The van der Waals surface area contributed by atoms with Crippen LogP contribution in [0.2, 0.25) is 0 Å². The minimum atomic E-state index is -0.253. The van der Waals surface area contributed by atoms with Gasteiger partial charge in [-0.25, -0.2) is 4.39 Å². The molecule has 0 bridgehead atoms. The van der Waals surface area contributed by atoms with Gasteiger partial charge in [-0.2, -0.15) is 4.98 Å². The molecule has 102 valence electrons. The molecule has 0 saturated heterocycles. The van der Waals surface area contributed by atoms with Crippen molar-refractivity contribution in [3.8, 4) is 0 Å². The van der Waals surface area contributed by atoms with Crippen molar-refractivity contribution in [2.75, 3.05) is 6.54 Å². The second-order valence-electron chi connectivity index (χ2n) is 4.33. The summed E-state index contributed by atoms with van der Waals surface area (Å²) in [6.07, 6.45) is 0.674. The number of halogens is 2. The summed E-state index contributed by atoms with van der Waals surface area (Å²) in [5, 5.41) is 7.06. The highest BCUT2D eigenvalue weighted by Crippen LogP contribution is 2.21. The van der Waals surface area contributed by atoms with Crippen molar-refractivity contribution in [1.82, 2.24) is 15.5 Å². The Morgan fingerprint density at radius 3 is 2.89 bits per heavy atom. The number of nitrogens with one attached hydrogen (secondary N) is 1. The van der Waals surface area contributed by atoms with Crippen LogP contribution in [-0.4, -0.2) is 16.7 Å². The first-order valence-corrected chi connectivity index (χ1v) is 6.83. The fourth-order valence-electron chi connectivity index (χ4n) is 1.74. The van der Waals surface area contributed by atoms with E-state index in [1.807, 2.05) is 6.92 Å². The van der Waals surface area contributed by atoms with Crippen molar-refractivity contribution in [2.45, 2.75) is 26.3 Å². The highest BCUT2D eigenvalue weighted by molar-refractivity contribution is 9.10. The first-order chi connectivity index (χ1) is 9.06. The van der Waals surface area contributed by atoms with Crippen molar-refractivity contribution in [3.63, 3.8) is 0 Å². The molecule has 1 atom stereocenters. The van der Waals surface area contributed by atoms with Crippen molar-refractivity contribution in [1.29, 1.82) is 0 Å². The van der Waals surface area contributed by atoms with E-state index in [4.69, 9.17) is 4.52 Å². The third kappa shape index (κ3) is 3.84. The Kier molecular flexibility index (Phi) is 4.66. The Morgan fingerprint density at radius 1 is 1.47 bits per heavy atom. The zero-order chi connectivity index (χ0) is 13.8. The second-order valence-corrected chi connectivity index (χ2v) is 5.19. The molecule has 1 heterocycles. The molecule has 0 fully saturated rings. The van der Waals surface area contributed by atoms with E-state index < -0.39 is 0 Å². The van der Waals surface area contributed by atoms with Crippen LogP contribution in [0.3, 0.4) is 0 Å². The van der Waals surface area contributed by atoms with E-state index in [1.165, 1.54) is 6.07 Å². The van der Waals surface area contributed by atoms with E-state index in [2.05, 4.69) is 31.4 Å². The van der Waals surface area contributed by atoms with Gasteiger partial charge in [0.05, 0.1) is 4.47 Å². The van der Waals surface area contributed by atoms with E-state index in [1.54, 1.807) is 19.1 Å². The quantitative estimate of drug-likeness (QED) is 0.916. The number of nitrogens with zero attached hydrogens (tertiary/aromatic N) is 2. The van der Waals surface area contributed by atoms with Crippen LogP contribution in [0.5, 0.6) is 0 Å². The summed E-state index contributed by atoms with van der Waals surface area (Å²) in [5.74, 6) is 1.01. The average Bonchev–Trinajstić information content (AvgIpc) is 2.78. The Hall–Kier alpha value is -1.27. The molecule has 4 nitrogen and oxygen atoms in total. The zero-order valence-electron chi connectivity index (χ0n) is 10.8. The Bertz CT molecular complexity index is 559. The van der Waals surface area contributed by atoms with Crippen molar-refractivity contribution in [3.05, 3.63) is 45.8 Å². The van der Waals surface area contributed by atoms with Gasteiger partial charge in [-0.05, 0) is 47.5 Å². The molecule has 1 aromatic heterocycles. The van der Waals surface area contributed by atoms with Gasteiger partial charge in [0.2, 0.25) is 5.89 Å². The first kappa shape index (κ1) is 14.1. The maximum Gasteiger partial charge on any atom is 0.227 e. The topological polar surface area (TPSA) is 51.0 Å². The van der Waals surface area contributed by atoms with Crippen LogP contribution in [0.25, 0.3) is 0 Å². The van der Waals surface area contributed by atoms with Crippen LogP contribution in [0.1, 0.15) is 30.2 Å². The molecule has 0 spiro atoms. The van der Waals surface area contributed by atoms with Crippen molar-refractivity contribution >= 4 is 15.9 Å². The standard InChI is InChI=1S/C13H15BrFN3O/c1-8(10-3-4-12(15)11(14)7-10)16-6-5-13-17-9(2)18-19-13/h3-4,7-8,16H,5-6H2,1-2H3. The Labute approximate surface area is 119 Å².